The number of hydrogen-bond acceptors (Lipinski definition) is 4. The summed E-state index contributed by atoms with van der Waals surface area (Å²) in [6.45, 7) is 2.68. The fraction of sp³-hybridized carbons (Fsp3) is 0.600. The van der Waals surface area contributed by atoms with Crippen molar-refractivity contribution < 1.29 is 39.6 Å². The molecule has 0 aromatic heterocycles. The molecule has 0 saturated heterocycles. The van der Waals surface area contributed by atoms with Crippen LogP contribution < -0.4 is 0 Å². The molecule has 0 heterocycles. The Kier molecular flexibility index (Phi) is 17.5. The van der Waals surface area contributed by atoms with Crippen LogP contribution in [0.3, 0.4) is 0 Å². The molecule has 0 aliphatic rings. The second-order valence-corrected chi connectivity index (χ2v) is 2.91. The van der Waals surface area contributed by atoms with Crippen LogP contribution in [0.1, 0.15) is 39.5 Å². The molecule has 0 atom stereocenters. The van der Waals surface area contributed by atoms with Gasteiger partial charge in [-0.1, -0.05) is 6.92 Å². The smallest absolute Gasteiger partial charge is 0.303 e. The second-order valence-electron chi connectivity index (χ2n) is 2.91. The first-order chi connectivity index (χ1) is 8.13. The van der Waals surface area contributed by atoms with Gasteiger partial charge in [0.05, 0.1) is 0 Å². The summed E-state index contributed by atoms with van der Waals surface area (Å²) in [7, 11) is 0. The monoisotopic (exact) mass is 266 g/mol. The third-order valence-electron chi connectivity index (χ3n) is 1.08. The van der Waals surface area contributed by atoms with E-state index in [9.17, 15) is 14.4 Å². The second kappa shape index (κ2) is 14.9. The SMILES string of the molecule is CC(=O)O.CCC(=O)O.O=C(O)CCCC(=O)O. The number of hydrogen-bond donors (Lipinski definition) is 4. The number of carboxylic acids is 4. The molecule has 0 rings (SSSR count). The molecule has 0 fully saturated rings. The lowest BCUT2D eigenvalue weighted by Crippen LogP contribution is -1.98. The lowest BCUT2D eigenvalue weighted by Gasteiger charge is -1.89. The van der Waals surface area contributed by atoms with E-state index in [1.54, 1.807) is 6.92 Å². The highest BCUT2D eigenvalue weighted by molar-refractivity contribution is 5.69. The molecule has 0 aromatic rings. The van der Waals surface area contributed by atoms with Crippen LogP contribution in [0.2, 0.25) is 0 Å². The van der Waals surface area contributed by atoms with Crippen molar-refractivity contribution in [2.24, 2.45) is 0 Å². The Morgan fingerprint density at radius 3 is 1.11 bits per heavy atom. The van der Waals surface area contributed by atoms with Crippen molar-refractivity contribution in [3.63, 3.8) is 0 Å². The molecule has 0 bridgehead atoms. The number of carboxylic acid groups (broad SMARTS) is 4. The van der Waals surface area contributed by atoms with E-state index in [1.165, 1.54) is 0 Å². The standard InChI is InChI=1S/C5H8O4.C3H6O2.C2H4O2/c6-4(7)2-1-3-5(8)9;1-2-3(4)5;1-2(3)4/h1-3H2,(H,6,7)(H,8,9);2H2,1H3,(H,4,5);1H3,(H,3,4). The molecule has 0 aromatic carbocycles. The first-order valence-corrected chi connectivity index (χ1v) is 4.98. The van der Waals surface area contributed by atoms with Gasteiger partial charge in [-0.2, -0.15) is 0 Å². The van der Waals surface area contributed by atoms with Crippen LogP contribution in [0.4, 0.5) is 0 Å². The van der Waals surface area contributed by atoms with Crippen molar-refractivity contribution in [1.82, 2.24) is 0 Å². The molecular weight excluding hydrogens is 248 g/mol. The third-order valence-corrected chi connectivity index (χ3v) is 1.08. The first-order valence-electron chi connectivity index (χ1n) is 4.98. The van der Waals surface area contributed by atoms with Crippen molar-refractivity contribution in [2.75, 3.05) is 0 Å². The van der Waals surface area contributed by atoms with Crippen LogP contribution in [0.5, 0.6) is 0 Å². The van der Waals surface area contributed by atoms with Crippen LogP contribution in [-0.4, -0.2) is 44.3 Å². The molecule has 106 valence electrons. The Labute approximate surface area is 104 Å². The molecule has 0 saturated carbocycles. The lowest BCUT2D eigenvalue weighted by molar-refractivity contribution is -0.139. The highest BCUT2D eigenvalue weighted by atomic mass is 16.4. The minimum atomic E-state index is -0.948. The summed E-state index contributed by atoms with van der Waals surface area (Å²) < 4.78 is 0. The van der Waals surface area contributed by atoms with Gasteiger partial charge in [-0.15, -0.1) is 0 Å². The molecular formula is C10H18O8. The molecule has 8 nitrogen and oxygen atoms in total. The van der Waals surface area contributed by atoms with Gasteiger partial charge in [0.2, 0.25) is 0 Å². The van der Waals surface area contributed by atoms with Gasteiger partial charge in [0.25, 0.3) is 5.97 Å². The fourth-order valence-electron chi connectivity index (χ4n) is 0.391. The van der Waals surface area contributed by atoms with Crippen molar-refractivity contribution in [3.8, 4) is 0 Å². The molecule has 18 heavy (non-hydrogen) atoms. The van der Waals surface area contributed by atoms with Crippen LogP contribution in [-0.2, 0) is 19.2 Å². The summed E-state index contributed by atoms with van der Waals surface area (Å²) in [4.78, 5) is 37.9. The molecule has 0 spiro atoms. The Morgan fingerprint density at radius 2 is 1.00 bits per heavy atom. The summed E-state index contributed by atoms with van der Waals surface area (Å²) in [5, 5.41) is 31.2. The maximum absolute atomic E-state index is 9.79. The Hall–Kier alpha value is -2.12. The summed E-state index contributed by atoms with van der Waals surface area (Å²) >= 11 is 0. The maximum Gasteiger partial charge on any atom is 0.303 e. The van der Waals surface area contributed by atoms with E-state index in [4.69, 9.17) is 25.2 Å². The minimum absolute atomic E-state index is 0.0632. The molecule has 4 N–H and O–H groups in total. The number of rotatable bonds is 5. The average molecular weight is 266 g/mol. The van der Waals surface area contributed by atoms with E-state index < -0.39 is 23.9 Å². The van der Waals surface area contributed by atoms with Gasteiger partial charge in [-0.25, -0.2) is 0 Å². The topological polar surface area (TPSA) is 149 Å². The predicted octanol–water partition coefficient (Wildman–Crippen LogP) is 0.898. The molecule has 0 aliphatic carbocycles. The zero-order valence-electron chi connectivity index (χ0n) is 10.3. The molecule has 0 amide bonds. The summed E-state index contributed by atoms with van der Waals surface area (Å²) in [6.07, 6.45) is 0.309. The van der Waals surface area contributed by atoms with Gasteiger partial charge >= 0.3 is 17.9 Å². The minimum Gasteiger partial charge on any atom is -0.481 e. The van der Waals surface area contributed by atoms with Crippen molar-refractivity contribution in [1.29, 1.82) is 0 Å². The van der Waals surface area contributed by atoms with Gasteiger partial charge in [0.15, 0.2) is 0 Å². The Balaban J connectivity index is -0.000000212. The molecule has 0 unspecified atom stereocenters. The highest BCUT2D eigenvalue weighted by Gasteiger charge is 1.99. The van der Waals surface area contributed by atoms with E-state index in [2.05, 4.69) is 0 Å². The van der Waals surface area contributed by atoms with Crippen molar-refractivity contribution >= 4 is 23.9 Å². The molecule has 8 heteroatoms. The third kappa shape index (κ3) is 66.6. The van der Waals surface area contributed by atoms with Gasteiger partial charge in [0.1, 0.15) is 0 Å². The Bertz CT molecular complexity index is 253. The van der Waals surface area contributed by atoms with Crippen LogP contribution in [0.15, 0.2) is 0 Å². The first kappa shape index (κ1) is 21.2. The van der Waals surface area contributed by atoms with Gasteiger partial charge in [-0.05, 0) is 6.42 Å². The van der Waals surface area contributed by atoms with Crippen molar-refractivity contribution in [3.05, 3.63) is 0 Å². The largest absolute Gasteiger partial charge is 0.481 e. The highest BCUT2D eigenvalue weighted by Crippen LogP contribution is 1.93. The van der Waals surface area contributed by atoms with E-state index in [-0.39, 0.29) is 25.7 Å². The van der Waals surface area contributed by atoms with Crippen LogP contribution in [0, 0.1) is 0 Å². The van der Waals surface area contributed by atoms with E-state index in [0.717, 1.165) is 6.92 Å². The molecule has 0 aliphatic heterocycles. The number of aliphatic carboxylic acids is 4. The zero-order valence-corrected chi connectivity index (χ0v) is 10.3. The van der Waals surface area contributed by atoms with Crippen LogP contribution in [0.25, 0.3) is 0 Å². The Morgan fingerprint density at radius 1 is 0.778 bits per heavy atom. The van der Waals surface area contributed by atoms with Gasteiger partial charge in [-0.3, -0.25) is 19.2 Å². The zero-order chi connectivity index (χ0) is 15.1. The van der Waals surface area contributed by atoms with Crippen LogP contribution >= 0.6 is 0 Å². The summed E-state index contributed by atoms with van der Waals surface area (Å²) in [5.74, 6) is -3.47. The quantitative estimate of drug-likeness (QED) is 0.573. The fourth-order valence-corrected chi connectivity index (χ4v) is 0.391. The van der Waals surface area contributed by atoms with Crippen molar-refractivity contribution in [2.45, 2.75) is 39.5 Å². The lowest BCUT2D eigenvalue weighted by atomic mass is 10.2. The summed E-state index contributed by atoms with van der Waals surface area (Å²) in [5.41, 5.74) is 0. The summed E-state index contributed by atoms with van der Waals surface area (Å²) in [6, 6.07) is 0. The van der Waals surface area contributed by atoms with Gasteiger partial charge in [0, 0.05) is 26.2 Å². The maximum atomic E-state index is 9.79. The van der Waals surface area contributed by atoms with E-state index >= 15 is 0 Å². The average Bonchev–Trinajstić information content (AvgIpc) is 2.16. The van der Waals surface area contributed by atoms with E-state index in [1.807, 2.05) is 0 Å². The predicted molar refractivity (Wildman–Crippen MR) is 60.4 cm³/mol. The van der Waals surface area contributed by atoms with Gasteiger partial charge < -0.3 is 20.4 Å². The molecule has 0 radical (unpaired) electrons. The number of carbonyl (C=O) groups is 4. The normalized spacial score (nSPS) is 7.89. The van der Waals surface area contributed by atoms with E-state index in [0.29, 0.717) is 0 Å².